The number of benzene rings is 1. The number of halogens is 1. The summed E-state index contributed by atoms with van der Waals surface area (Å²) in [5, 5.41) is 11.1. The van der Waals surface area contributed by atoms with E-state index < -0.39 is 10.7 Å². The van der Waals surface area contributed by atoms with Gasteiger partial charge in [-0.2, -0.15) is 0 Å². The summed E-state index contributed by atoms with van der Waals surface area (Å²) in [6.45, 7) is 9.20. The molecule has 0 atom stereocenters. The molecule has 0 amide bonds. The number of ether oxygens (including phenoxy) is 1. The Hall–Kier alpha value is -3.39. The van der Waals surface area contributed by atoms with Crippen LogP contribution in [-0.4, -0.2) is 33.0 Å². The molecule has 3 rings (SSSR count). The molecule has 2 heterocycles. The van der Waals surface area contributed by atoms with E-state index in [1.165, 1.54) is 12.1 Å². The highest BCUT2D eigenvalue weighted by atomic mass is 19.1. The lowest BCUT2D eigenvalue weighted by molar-refractivity contribution is -0.385. The zero-order chi connectivity index (χ0) is 25.5. The van der Waals surface area contributed by atoms with Crippen LogP contribution in [0.25, 0.3) is 0 Å². The van der Waals surface area contributed by atoms with Crippen molar-refractivity contribution >= 4 is 11.5 Å². The van der Waals surface area contributed by atoms with Gasteiger partial charge in [-0.05, 0) is 55.5 Å². The number of nitrogens with zero attached hydrogens (tertiary/aromatic N) is 3. The first kappa shape index (κ1) is 26.2. The number of nitro groups is 1. The molecule has 3 aromatic rings. The molecule has 0 fully saturated rings. The van der Waals surface area contributed by atoms with Crippen LogP contribution < -0.4 is 0 Å². The van der Waals surface area contributed by atoms with E-state index >= 15 is 0 Å². The number of carbonyl (C=O) groups is 1. The van der Waals surface area contributed by atoms with Gasteiger partial charge in [0, 0.05) is 54.8 Å². The fourth-order valence-corrected chi connectivity index (χ4v) is 4.21. The standard InChI is InChI=1S/C27H32FN3O4/c1-18(2)27-25(26(32)8-7-20-12-22(28)14-24(13-20)31(33)34)15-23(9-11-35-19(3)4)30(27)17-21-6-5-10-29-16-21/h5-6,10,12-16,18-19H,7-9,11,17H2,1-4H3. The van der Waals surface area contributed by atoms with Gasteiger partial charge in [-0.3, -0.25) is 19.9 Å². The first-order valence-corrected chi connectivity index (χ1v) is 11.9. The first-order chi connectivity index (χ1) is 16.7. The fourth-order valence-electron chi connectivity index (χ4n) is 4.21. The molecule has 0 saturated carbocycles. The fraction of sp³-hybridized carbons (Fsp3) is 0.407. The number of pyridine rings is 1. The second-order valence-electron chi connectivity index (χ2n) is 9.20. The van der Waals surface area contributed by atoms with E-state index in [0.717, 1.165) is 23.0 Å². The highest BCUT2D eigenvalue weighted by molar-refractivity contribution is 5.98. The SMILES string of the molecule is CC(C)OCCc1cc(C(=O)CCc2cc(F)cc([N+](=O)[O-])c2)c(C(C)C)n1Cc1cccnc1. The molecule has 8 heteroatoms. The quantitative estimate of drug-likeness (QED) is 0.183. The molecule has 0 aliphatic rings. The van der Waals surface area contributed by atoms with Gasteiger partial charge in [0.1, 0.15) is 5.82 Å². The van der Waals surface area contributed by atoms with E-state index in [2.05, 4.69) is 23.4 Å². The molecule has 0 spiro atoms. The summed E-state index contributed by atoms with van der Waals surface area (Å²) in [4.78, 5) is 28.0. The van der Waals surface area contributed by atoms with Crippen LogP contribution in [0, 0.1) is 15.9 Å². The second kappa shape index (κ2) is 11.8. The van der Waals surface area contributed by atoms with Crippen molar-refractivity contribution in [2.24, 2.45) is 0 Å². The molecule has 1 aromatic carbocycles. The Kier molecular flexibility index (Phi) is 8.87. The Morgan fingerprint density at radius 1 is 1.14 bits per heavy atom. The molecule has 35 heavy (non-hydrogen) atoms. The van der Waals surface area contributed by atoms with Crippen molar-refractivity contribution < 1.29 is 18.8 Å². The van der Waals surface area contributed by atoms with Gasteiger partial charge in [-0.15, -0.1) is 0 Å². The van der Waals surface area contributed by atoms with Gasteiger partial charge in [0.2, 0.25) is 0 Å². The number of hydrogen-bond acceptors (Lipinski definition) is 5. The van der Waals surface area contributed by atoms with Crippen molar-refractivity contribution in [2.45, 2.75) is 65.5 Å². The van der Waals surface area contributed by atoms with Crippen molar-refractivity contribution in [1.29, 1.82) is 0 Å². The Morgan fingerprint density at radius 2 is 1.91 bits per heavy atom. The maximum atomic E-state index is 13.8. The number of non-ortho nitro benzene ring substituents is 1. The van der Waals surface area contributed by atoms with Crippen LogP contribution in [0.3, 0.4) is 0 Å². The molecule has 7 nitrogen and oxygen atoms in total. The minimum atomic E-state index is -0.681. The van der Waals surface area contributed by atoms with Crippen LogP contribution in [-0.2, 0) is 24.1 Å². The van der Waals surface area contributed by atoms with Gasteiger partial charge in [0.25, 0.3) is 5.69 Å². The summed E-state index contributed by atoms with van der Waals surface area (Å²) in [7, 11) is 0. The predicted octanol–water partition coefficient (Wildman–Crippen LogP) is 5.89. The van der Waals surface area contributed by atoms with E-state index in [9.17, 15) is 19.3 Å². The van der Waals surface area contributed by atoms with E-state index in [-0.39, 0.29) is 36.3 Å². The molecule has 0 saturated heterocycles. The molecule has 2 aromatic heterocycles. The third-order valence-corrected chi connectivity index (χ3v) is 5.74. The lowest BCUT2D eigenvalue weighted by Crippen LogP contribution is -2.14. The lowest BCUT2D eigenvalue weighted by atomic mass is 9.98. The van der Waals surface area contributed by atoms with Gasteiger partial charge in [0.15, 0.2) is 5.78 Å². The van der Waals surface area contributed by atoms with Crippen molar-refractivity contribution in [3.8, 4) is 0 Å². The topological polar surface area (TPSA) is 87.3 Å². The van der Waals surface area contributed by atoms with Gasteiger partial charge in [0.05, 0.1) is 23.7 Å². The second-order valence-corrected chi connectivity index (χ2v) is 9.20. The van der Waals surface area contributed by atoms with Crippen LogP contribution in [0.5, 0.6) is 0 Å². The first-order valence-electron chi connectivity index (χ1n) is 11.9. The third kappa shape index (κ3) is 7.05. The monoisotopic (exact) mass is 481 g/mol. The van der Waals surface area contributed by atoms with Crippen molar-refractivity contribution in [3.63, 3.8) is 0 Å². The van der Waals surface area contributed by atoms with E-state index in [1.807, 2.05) is 38.2 Å². The maximum Gasteiger partial charge on any atom is 0.272 e. The predicted molar refractivity (Wildman–Crippen MR) is 132 cm³/mol. The number of ketones is 1. The van der Waals surface area contributed by atoms with E-state index in [0.29, 0.717) is 30.7 Å². The number of hydrogen-bond donors (Lipinski definition) is 0. The van der Waals surface area contributed by atoms with Gasteiger partial charge >= 0.3 is 0 Å². The third-order valence-electron chi connectivity index (χ3n) is 5.74. The average Bonchev–Trinajstić information content (AvgIpc) is 3.16. The summed E-state index contributed by atoms with van der Waals surface area (Å²) in [6, 6.07) is 9.27. The van der Waals surface area contributed by atoms with Crippen LogP contribution >= 0.6 is 0 Å². The normalized spacial score (nSPS) is 11.4. The zero-order valence-corrected chi connectivity index (χ0v) is 20.7. The number of rotatable bonds is 12. The Labute approximate surface area is 205 Å². The Balaban J connectivity index is 1.90. The maximum absolute atomic E-state index is 13.8. The molecule has 0 bridgehead atoms. The summed E-state index contributed by atoms with van der Waals surface area (Å²) in [5.41, 5.74) is 3.71. The van der Waals surface area contributed by atoms with Crippen LogP contribution in [0.4, 0.5) is 10.1 Å². The molecule has 0 unspecified atom stereocenters. The van der Waals surface area contributed by atoms with Crippen molar-refractivity contribution in [1.82, 2.24) is 9.55 Å². The molecule has 0 radical (unpaired) electrons. The Morgan fingerprint density at radius 3 is 2.54 bits per heavy atom. The molecule has 186 valence electrons. The Bertz CT molecular complexity index is 1170. The van der Waals surface area contributed by atoms with E-state index in [1.54, 1.807) is 6.20 Å². The molecular formula is C27H32FN3O4. The highest BCUT2D eigenvalue weighted by Crippen LogP contribution is 2.28. The molecule has 0 aliphatic carbocycles. The number of aryl methyl sites for hydroxylation is 1. The molecule has 0 aliphatic heterocycles. The molecule has 0 N–H and O–H groups in total. The number of aromatic nitrogens is 2. The van der Waals surface area contributed by atoms with Gasteiger partial charge in [-0.1, -0.05) is 19.9 Å². The van der Waals surface area contributed by atoms with Gasteiger partial charge < -0.3 is 9.30 Å². The van der Waals surface area contributed by atoms with E-state index in [4.69, 9.17) is 4.74 Å². The van der Waals surface area contributed by atoms with Crippen LogP contribution in [0.2, 0.25) is 0 Å². The van der Waals surface area contributed by atoms with Crippen molar-refractivity contribution in [3.05, 3.63) is 92.8 Å². The summed E-state index contributed by atoms with van der Waals surface area (Å²) in [5.74, 6) is -0.670. The summed E-state index contributed by atoms with van der Waals surface area (Å²) in [6.07, 6.45) is 4.65. The van der Waals surface area contributed by atoms with Crippen LogP contribution in [0.15, 0.2) is 48.8 Å². The smallest absolute Gasteiger partial charge is 0.272 e. The largest absolute Gasteiger partial charge is 0.378 e. The zero-order valence-electron chi connectivity index (χ0n) is 20.7. The highest BCUT2D eigenvalue weighted by Gasteiger charge is 2.23. The number of carbonyl (C=O) groups excluding carboxylic acids is 1. The van der Waals surface area contributed by atoms with Gasteiger partial charge in [-0.25, -0.2) is 4.39 Å². The average molecular weight is 482 g/mol. The molecular weight excluding hydrogens is 449 g/mol. The minimum absolute atomic E-state index is 0.0726. The minimum Gasteiger partial charge on any atom is -0.378 e. The summed E-state index contributed by atoms with van der Waals surface area (Å²) < 4.78 is 21.8. The lowest BCUT2D eigenvalue weighted by Gasteiger charge is -2.17. The summed E-state index contributed by atoms with van der Waals surface area (Å²) >= 11 is 0. The van der Waals surface area contributed by atoms with Crippen LogP contribution in [0.1, 0.15) is 72.9 Å². The number of nitro benzene ring substituents is 1. The van der Waals surface area contributed by atoms with Crippen molar-refractivity contribution in [2.75, 3.05) is 6.61 Å². The number of Topliss-reactive ketones (excluding diaryl/α,β-unsaturated/α-hetero) is 1.